The Hall–Kier alpha value is -2.86. The Labute approximate surface area is 167 Å². The molecule has 1 aromatic carbocycles. The van der Waals surface area contributed by atoms with Crippen molar-refractivity contribution < 1.29 is 9.53 Å². The van der Waals surface area contributed by atoms with Crippen LogP contribution in [0.5, 0.6) is 5.75 Å². The van der Waals surface area contributed by atoms with Crippen LogP contribution in [0.1, 0.15) is 28.8 Å². The molecule has 5 nitrogen and oxygen atoms in total. The van der Waals surface area contributed by atoms with Gasteiger partial charge in [0.1, 0.15) is 11.3 Å². The molecule has 1 aliphatic heterocycles. The number of carbonyl (C=O) groups is 1. The first-order valence-corrected chi connectivity index (χ1v) is 10.2. The molecule has 1 unspecified atom stereocenters. The zero-order valence-electron chi connectivity index (χ0n) is 15.7. The van der Waals surface area contributed by atoms with Crippen LogP contribution in [0.4, 0.5) is 0 Å². The molecule has 1 fully saturated rings. The predicted molar refractivity (Wildman–Crippen MR) is 111 cm³/mol. The number of hydrogen-bond donors (Lipinski definition) is 1. The summed E-state index contributed by atoms with van der Waals surface area (Å²) in [5.74, 6) is 0.623. The average molecular weight is 394 g/mol. The normalized spacial score (nSPS) is 16.3. The van der Waals surface area contributed by atoms with E-state index in [-0.39, 0.29) is 23.1 Å². The van der Waals surface area contributed by atoms with Gasteiger partial charge in [-0.2, -0.15) is 0 Å². The predicted octanol–water partition coefficient (Wildman–Crippen LogP) is 3.96. The molecule has 1 amide bonds. The van der Waals surface area contributed by atoms with E-state index in [2.05, 4.69) is 4.98 Å². The minimum absolute atomic E-state index is 0.0935. The van der Waals surface area contributed by atoms with Crippen LogP contribution in [0, 0.1) is 0 Å². The number of methoxy groups -OCH3 is 1. The van der Waals surface area contributed by atoms with E-state index >= 15 is 0 Å². The highest BCUT2D eigenvalue weighted by Gasteiger charge is 2.30. The van der Waals surface area contributed by atoms with Gasteiger partial charge in [-0.05, 0) is 60.5 Å². The number of ether oxygens (including phenoxy) is 1. The number of aromatic amines is 1. The molecule has 144 valence electrons. The second-order valence-corrected chi connectivity index (χ2v) is 7.89. The van der Waals surface area contributed by atoms with Crippen LogP contribution >= 0.6 is 11.3 Å². The minimum atomic E-state index is -0.331. The van der Waals surface area contributed by atoms with E-state index < -0.39 is 0 Å². The van der Waals surface area contributed by atoms with E-state index in [1.165, 1.54) is 0 Å². The summed E-state index contributed by atoms with van der Waals surface area (Å²) in [6, 6.07) is 15.4. The van der Waals surface area contributed by atoms with Gasteiger partial charge >= 0.3 is 0 Å². The summed E-state index contributed by atoms with van der Waals surface area (Å²) < 4.78 is 5.30. The summed E-state index contributed by atoms with van der Waals surface area (Å²) in [6.07, 6.45) is 2.65. The summed E-state index contributed by atoms with van der Waals surface area (Å²) >= 11 is 1.55. The topological polar surface area (TPSA) is 62.4 Å². The first kappa shape index (κ1) is 18.5. The van der Waals surface area contributed by atoms with Crippen LogP contribution in [-0.2, 0) is 6.42 Å². The molecule has 0 spiro atoms. The van der Waals surface area contributed by atoms with Crippen LogP contribution in [0.15, 0.2) is 58.7 Å². The summed E-state index contributed by atoms with van der Waals surface area (Å²) in [5, 5.41) is 1.96. The van der Waals surface area contributed by atoms with Gasteiger partial charge in [0.25, 0.3) is 11.5 Å². The van der Waals surface area contributed by atoms with Crippen molar-refractivity contribution >= 4 is 17.2 Å². The van der Waals surface area contributed by atoms with Gasteiger partial charge in [0.15, 0.2) is 0 Å². The SMILES string of the molecule is COc1cccc(CC2CCCN2C(=O)c2ccc(-c3cccs3)[nH]c2=O)c1. The fourth-order valence-electron chi connectivity index (χ4n) is 3.76. The highest BCUT2D eigenvalue weighted by atomic mass is 32.1. The van der Waals surface area contributed by atoms with Crippen molar-refractivity contribution in [2.24, 2.45) is 0 Å². The molecule has 1 N–H and O–H groups in total. The van der Waals surface area contributed by atoms with E-state index in [9.17, 15) is 9.59 Å². The number of rotatable bonds is 5. The number of hydrogen-bond acceptors (Lipinski definition) is 4. The van der Waals surface area contributed by atoms with Crippen LogP contribution in [0.25, 0.3) is 10.6 Å². The fraction of sp³-hybridized carbons (Fsp3) is 0.273. The van der Waals surface area contributed by atoms with Crippen molar-refractivity contribution in [3.8, 4) is 16.3 Å². The highest BCUT2D eigenvalue weighted by Crippen LogP contribution is 2.25. The lowest BCUT2D eigenvalue weighted by Crippen LogP contribution is -2.39. The lowest BCUT2D eigenvalue weighted by molar-refractivity contribution is 0.0734. The third kappa shape index (κ3) is 3.73. The number of pyridine rings is 1. The maximum atomic E-state index is 13.1. The van der Waals surface area contributed by atoms with E-state index in [0.717, 1.165) is 41.1 Å². The Morgan fingerprint density at radius 3 is 2.89 bits per heavy atom. The first-order chi connectivity index (χ1) is 13.7. The highest BCUT2D eigenvalue weighted by molar-refractivity contribution is 7.13. The number of nitrogens with zero attached hydrogens (tertiary/aromatic N) is 1. The number of thiophene rings is 1. The maximum absolute atomic E-state index is 13.1. The second-order valence-electron chi connectivity index (χ2n) is 6.94. The van der Waals surface area contributed by atoms with Crippen molar-refractivity contribution in [3.63, 3.8) is 0 Å². The van der Waals surface area contributed by atoms with Gasteiger partial charge in [0, 0.05) is 12.6 Å². The molecule has 4 rings (SSSR count). The molecule has 28 heavy (non-hydrogen) atoms. The lowest BCUT2D eigenvalue weighted by atomic mass is 10.0. The Morgan fingerprint density at radius 1 is 1.25 bits per heavy atom. The molecule has 6 heteroatoms. The Balaban J connectivity index is 1.54. The number of H-pyrrole nitrogens is 1. The molecule has 0 aliphatic carbocycles. The zero-order valence-corrected chi connectivity index (χ0v) is 16.5. The second kappa shape index (κ2) is 8.02. The molecule has 0 radical (unpaired) electrons. The minimum Gasteiger partial charge on any atom is -0.497 e. The monoisotopic (exact) mass is 394 g/mol. The summed E-state index contributed by atoms with van der Waals surface area (Å²) in [4.78, 5) is 31.3. The number of aromatic nitrogens is 1. The van der Waals surface area contributed by atoms with Crippen molar-refractivity contribution in [3.05, 3.63) is 75.4 Å². The molecular weight excluding hydrogens is 372 g/mol. The fourth-order valence-corrected chi connectivity index (χ4v) is 4.47. The Kier molecular flexibility index (Phi) is 5.30. The molecule has 1 saturated heterocycles. The van der Waals surface area contributed by atoms with Gasteiger partial charge < -0.3 is 14.6 Å². The van der Waals surface area contributed by atoms with Crippen molar-refractivity contribution in [2.45, 2.75) is 25.3 Å². The van der Waals surface area contributed by atoms with Gasteiger partial charge in [-0.25, -0.2) is 0 Å². The largest absolute Gasteiger partial charge is 0.497 e. The van der Waals surface area contributed by atoms with Crippen LogP contribution in [0.2, 0.25) is 0 Å². The quantitative estimate of drug-likeness (QED) is 0.712. The van der Waals surface area contributed by atoms with Gasteiger partial charge in [-0.1, -0.05) is 18.2 Å². The van der Waals surface area contributed by atoms with E-state index in [1.54, 1.807) is 24.5 Å². The summed E-state index contributed by atoms with van der Waals surface area (Å²) in [6.45, 7) is 0.680. The molecular formula is C22H22N2O3S. The molecule has 1 atom stereocenters. The Bertz CT molecular complexity index is 1030. The number of carbonyl (C=O) groups excluding carboxylic acids is 1. The molecule has 0 bridgehead atoms. The van der Waals surface area contributed by atoms with Crippen LogP contribution < -0.4 is 10.3 Å². The lowest BCUT2D eigenvalue weighted by Gasteiger charge is -2.25. The maximum Gasteiger partial charge on any atom is 0.261 e. The zero-order chi connectivity index (χ0) is 19.5. The summed E-state index contributed by atoms with van der Waals surface area (Å²) in [5.41, 5.74) is 1.75. The van der Waals surface area contributed by atoms with Crippen LogP contribution in [0.3, 0.4) is 0 Å². The molecule has 2 aromatic heterocycles. The van der Waals surface area contributed by atoms with Crippen molar-refractivity contribution in [1.29, 1.82) is 0 Å². The number of benzene rings is 1. The van der Waals surface area contributed by atoms with Gasteiger partial charge in [-0.15, -0.1) is 11.3 Å². The van der Waals surface area contributed by atoms with Gasteiger partial charge in [0.2, 0.25) is 0 Å². The number of amides is 1. The van der Waals surface area contributed by atoms with Crippen molar-refractivity contribution in [1.82, 2.24) is 9.88 Å². The van der Waals surface area contributed by atoms with E-state index in [0.29, 0.717) is 6.54 Å². The molecule has 3 heterocycles. The summed E-state index contributed by atoms with van der Waals surface area (Å²) in [7, 11) is 1.65. The first-order valence-electron chi connectivity index (χ1n) is 9.37. The molecule has 3 aromatic rings. The van der Waals surface area contributed by atoms with Gasteiger partial charge in [0.05, 0.1) is 17.7 Å². The third-order valence-electron chi connectivity index (χ3n) is 5.17. The third-order valence-corrected chi connectivity index (χ3v) is 6.07. The number of likely N-dealkylation sites (tertiary alicyclic amines) is 1. The smallest absolute Gasteiger partial charge is 0.261 e. The van der Waals surface area contributed by atoms with Gasteiger partial charge in [-0.3, -0.25) is 9.59 Å². The Morgan fingerprint density at radius 2 is 2.14 bits per heavy atom. The average Bonchev–Trinajstić information content (AvgIpc) is 3.40. The van der Waals surface area contributed by atoms with E-state index in [1.807, 2.05) is 52.7 Å². The molecule has 0 saturated carbocycles. The standard InChI is InChI=1S/C22H22N2O3S/c1-27-17-7-2-5-15(14-17)13-16-6-3-11-24(16)22(26)18-9-10-19(23-21(18)25)20-8-4-12-28-20/h2,4-5,7-10,12,14,16H,3,6,11,13H2,1H3,(H,23,25). The molecule has 1 aliphatic rings. The van der Waals surface area contributed by atoms with Crippen LogP contribution in [-0.4, -0.2) is 35.5 Å². The van der Waals surface area contributed by atoms with Crippen molar-refractivity contribution in [2.75, 3.05) is 13.7 Å². The number of nitrogens with one attached hydrogen (secondary N) is 1. The van der Waals surface area contributed by atoms with E-state index in [4.69, 9.17) is 4.74 Å².